The SMILES string of the molecule is CCCCOC(=O)C1(NCC)CCCc2c1[nH]c1ccc(C(N)=O)cc21. The number of carbonyl (C=O) groups is 2. The first-order valence-corrected chi connectivity index (χ1v) is 9.40. The van der Waals surface area contributed by atoms with E-state index in [0.717, 1.165) is 47.8 Å². The van der Waals surface area contributed by atoms with Crippen molar-refractivity contribution in [2.45, 2.75) is 51.5 Å². The van der Waals surface area contributed by atoms with E-state index in [2.05, 4.69) is 17.2 Å². The summed E-state index contributed by atoms with van der Waals surface area (Å²) in [6.45, 7) is 5.15. The second kappa shape index (κ2) is 7.50. The first kappa shape index (κ1) is 18.5. The van der Waals surface area contributed by atoms with Gasteiger partial charge in [-0.1, -0.05) is 20.3 Å². The van der Waals surface area contributed by atoms with E-state index in [-0.39, 0.29) is 5.97 Å². The zero-order valence-corrected chi connectivity index (χ0v) is 15.5. The van der Waals surface area contributed by atoms with Gasteiger partial charge in [0, 0.05) is 16.5 Å². The Balaban J connectivity index is 2.08. The molecule has 0 spiro atoms. The van der Waals surface area contributed by atoms with Crippen LogP contribution in [0.1, 0.15) is 61.1 Å². The molecule has 1 aliphatic rings. The van der Waals surface area contributed by atoms with Gasteiger partial charge in [0.25, 0.3) is 0 Å². The molecule has 2 aromatic rings. The van der Waals surface area contributed by atoms with Crippen molar-refractivity contribution in [3.63, 3.8) is 0 Å². The number of aryl methyl sites for hydroxylation is 1. The lowest BCUT2D eigenvalue weighted by atomic mass is 9.80. The second-order valence-electron chi connectivity index (χ2n) is 6.88. The maximum absolute atomic E-state index is 13.0. The van der Waals surface area contributed by atoms with Gasteiger partial charge in [-0.05, 0) is 56.0 Å². The van der Waals surface area contributed by atoms with Gasteiger partial charge in [0.1, 0.15) is 0 Å². The van der Waals surface area contributed by atoms with Crippen LogP contribution in [0.4, 0.5) is 0 Å². The fourth-order valence-electron chi connectivity index (χ4n) is 3.87. The monoisotopic (exact) mass is 357 g/mol. The maximum Gasteiger partial charge on any atom is 0.332 e. The Bertz CT molecular complexity index is 827. The molecule has 4 N–H and O–H groups in total. The molecular weight excluding hydrogens is 330 g/mol. The Labute approximate surface area is 153 Å². The number of esters is 1. The summed E-state index contributed by atoms with van der Waals surface area (Å²) in [4.78, 5) is 28.0. The van der Waals surface area contributed by atoms with E-state index in [1.807, 2.05) is 19.1 Å². The van der Waals surface area contributed by atoms with Crippen LogP contribution in [0.25, 0.3) is 10.9 Å². The van der Waals surface area contributed by atoms with E-state index in [0.29, 0.717) is 25.1 Å². The molecule has 140 valence electrons. The first-order chi connectivity index (χ1) is 12.5. The second-order valence-corrected chi connectivity index (χ2v) is 6.88. The molecular formula is C20H27N3O3. The van der Waals surface area contributed by atoms with Gasteiger partial charge in [0.15, 0.2) is 5.54 Å². The molecule has 1 atom stereocenters. The zero-order chi connectivity index (χ0) is 18.7. The summed E-state index contributed by atoms with van der Waals surface area (Å²) in [5, 5.41) is 4.34. The minimum atomic E-state index is -0.859. The molecule has 1 aliphatic carbocycles. The van der Waals surface area contributed by atoms with Crippen molar-refractivity contribution in [2.75, 3.05) is 13.2 Å². The minimum absolute atomic E-state index is 0.226. The lowest BCUT2D eigenvalue weighted by Crippen LogP contribution is -2.52. The van der Waals surface area contributed by atoms with E-state index in [1.54, 1.807) is 6.07 Å². The Morgan fingerprint density at radius 2 is 2.15 bits per heavy atom. The number of hydrogen-bond donors (Lipinski definition) is 3. The van der Waals surface area contributed by atoms with Gasteiger partial charge < -0.3 is 15.5 Å². The smallest absolute Gasteiger partial charge is 0.332 e. The van der Waals surface area contributed by atoms with Crippen LogP contribution in [-0.2, 0) is 21.5 Å². The summed E-state index contributed by atoms with van der Waals surface area (Å²) in [6, 6.07) is 5.38. The number of ether oxygens (including phenoxy) is 1. The number of fused-ring (bicyclic) bond motifs is 3. The number of likely N-dealkylation sites (N-methyl/N-ethyl adjacent to an activating group) is 1. The average Bonchev–Trinajstić information content (AvgIpc) is 3.01. The Morgan fingerprint density at radius 3 is 2.85 bits per heavy atom. The number of aromatic amines is 1. The van der Waals surface area contributed by atoms with Crippen molar-refractivity contribution in [2.24, 2.45) is 5.73 Å². The summed E-state index contributed by atoms with van der Waals surface area (Å²) in [5.74, 6) is -0.676. The van der Waals surface area contributed by atoms with Crippen molar-refractivity contribution in [1.82, 2.24) is 10.3 Å². The number of rotatable bonds is 7. The van der Waals surface area contributed by atoms with Crippen molar-refractivity contribution in [3.8, 4) is 0 Å². The molecule has 1 unspecified atom stereocenters. The Kier molecular flexibility index (Phi) is 5.32. The highest BCUT2D eigenvalue weighted by atomic mass is 16.5. The fraction of sp³-hybridized carbons (Fsp3) is 0.500. The van der Waals surface area contributed by atoms with Crippen LogP contribution in [0.5, 0.6) is 0 Å². The van der Waals surface area contributed by atoms with Gasteiger partial charge in [-0.15, -0.1) is 0 Å². The van der Waals surface area contributed by atoms with E-state index in [9.17, 15) is 9.59 Å². The van der Waals surface area contributed by atoms with Gasteiger partial charge >= 0.3 is 5.97 Å². The first-order valence-electron chi connectivity index (χ1n) is 9.40. The van der Waals surface area contributed by atoms with Crippen LogP contribution in [-0.4, -0.2) is 30.0 Å². The molecule has 1 amide bonds. The number of unbranched alkanes of at least 4 members (excludes halogenated alkanes) is 1. The fourth-order valence-corrected chi connectivity index (χ4v) is 3.87. The van der Waals surface area contributed by atoms with Crippen LogP contribution in [0.3, 0.4) is 0 Å². The number of nitrogens with two attached hydrogens (primary N) is 1. The molecule has 0 fully saturated rings. The van der Waals surface area contributed by atoms with E-state index >= 15 is 0 Å². The zero-order valence-electron chi connectivity index (χ0n) is 15.5. The molecule has 0 saturated carbocycles. The highest BCUT2D eigenvalue weighted by Crippen LogP contribution is 2.40. The number of amides is 1. The number of aromatic nitrogens is 1. The highest BCUT2D eigenvalue weighted by molar-refractivity contribution is 5.99. The third-order valence-corrected chi connectivity index (χ3v) is 5.15. The third kappa shape index (κ3) is 3.09. The molecule has 6 nitrogen and oxygen atoms in total. The third-order valence-electron chi connectivity index (χ3n) is 5.15. The molecule has 1 heterocycles. The summed E-state index contributed by atoms with van der Waals surface area (Å²) >= 11 is 0. The van der Waals surface area contributed by atoms with Crippen molar-refractivity contribution < 1.29 is 14.3 Å². The van der Waals surface area contributed by atoms with E-state index < -0.39 is 11.4 Å². The average molecular weight is 357 g/mol. The summed E-state index contributed by atoms with van der Waals surface area (Å²) in [6.07, 6.45) is 4.25. The van der Waals surface area contributed by atoms with Crippen molar-refractivity contribution in [1.29, 1.82) is 0 Å². The van der Waals surface area contributed by atoms with Gasteiger partial charge in [0.05, 0.1) is 12.3 Å². The molecule has 3 rings (SSSR count). The standard InChI is InChI=1S/C20H27N3O3/c1-3-5-11-26-19(25)20(22-4-2)10-6-7-14-15-12-13(18(21)24)8-9-16(15)23-17(14)20/h8-9,12,22-23H,3-7,10-11H2,1-2H3,(H2,21,24). The molecule has 1 aromatic carbocycles. The van der Waals surface area contributed by atoms with Gasteiger partial charge in [-0.2, -0.15) is 0 Å². The van der Waals surface area contributed by atoms with Gasteiger partial charge in [-0.25, -0.2) is 4.79 Å². The molecule has 0 aliphatic heterocycles. The Hall–Kier alpha value is -2.34. The molecule has 0 bridgehead atoms. The summed E-state index contributed by atoms with van der Waals surface area (Å²) in [7, 11) is 0. The summed E-state index contributed by atoms with van der Waals surface area (Å²) in [5.41, 5.74) is 7.89. The van der Waals surface area contributed by atoms with E-state index in [1.165, 1.54) is 0 Å². The maximum atomic E-state index is 13.0. The van der Waals surface area contributed by atoms with Crippen molar-refractivity contribution >= 4 is 22.8 Å². The molecule has 1 aromatic heterocycles. The predicted octanol–water partition coefficient (Wildman–Crippen LogP) is 2.75. The topological polar surface area (TPSA) is 97.2 Å². The van der Waals surface area contributed by atoms with Crippen LogP contribution < -0.4 is 11.1 Å². The number of nitrogens with one attached hydrogen (secondary N) is 2. The largest absolute Gasteiger partial charge is 0.464 e. The molecule has 0 radical (unpaired) electrons. The lowest BCUT2D eigenvalue weighted by molar-refractivity contribution is -0.153. The van der Waals surface area contributed by atoms with Crippen LogP contribution in [0, 0.1) is 0 Å². The lowest BCUT2D eigenvalue weighted by Gasteiger charge is -2.35. The summed E-state index contributed by atoms with van der Waals surface area (Å²) < 4.78 is 5.60. The van der Waals surface area contributed by atoms with Gasteiger partial charge in [0.2, 0.25) is 5.91 Å². The highest BCUT2D eigenvalue weighted by Gasteiger charge is 2.46. The number of hydrogen-bond acceptors (Lipinski definition) is 4. The van der Waals surface area contributed by atoms with Crippen LogP contribution in [0.2, 0.25) is 0 Å². The molecule has 26 heavy (non-hydrogen) atoms. The normalized spacial score (nSPS) is 19.3. The van der Waals surface area contributed by atoms with Crippen LogP contribution >= 0.6 is 0 Å². The van der Waals surface area contributed by atoms with Crippen molar-refractivity contribution in [3.05, 3.63) is 35.0 Å². The number of benzene rings is 1. The number of H-pyrrole nitrogens is 1. The number of carbonyl (C=O) groups excluding carboxylic acids is 2. The predicted molar refractivity (Wildman–Crippen MR) is 101 cm³/mol. The number of primary amides is 1. The quantitative estimate of drug-likeness (QED) is 0.524. The molecule has 6 heteroatoms. The van der Waals surface area contributed by atoms with E-state index in [4.69, 9.17) is 10.5 Å². The van der Waals surface area contributed by atoms with Gasteiger partial charge in [-0.3, -0.25) is 10.1 Å². The minimum Gasteiger partial charge on any atom is -0.464 e. The Morgan fingerprint density at radius 1 is 1.35 bits per heavy atom. The molecule has 0 saturated heterocycles. The van der Waals surface area contributed by atoms with Crippen LogP contribution in [0.15, 0.2) is 18.2 Å².